The molecule has 2 heteroatoms. The molecule has 0 fully saturated rings. The van der Waals surface area contributed by atoms with Gasteiger partial charge in [0.1, 0.15) is 0 Å². The highest BCUT2D eigenvalue weighted by molar-refractivity contribution is 5.34. The largest absolute Gasteiger partial charge is 0.359 e. The molecule has 0 saturated heterocycles. The molecule has 0 aromatic heterocycles. The molecule has 0 bridgehead atoms. The highest BCUT2D eigenvalue weighted by atomic mass is 16.5. The van der Waals surface area contributed by atoms with Crippen molar-refractivity contribution in [3.63, 3.8) is 0 Å². The van der Waals surface area contributed by atoms with Crippen molar-refractivity contribution < 1.29 is 4.74 Å². The van der Waals surface area contributed by atoms with Crippen LogP contribution in [0, 0.1) is 25.2 Å². The zero-order chi connectivity index (χ0) is 10.6. The first-order chi connectivity index (χ1) is 6.69. The number of nitrogens with zero attached hydrogens (tertiary/aromatic N) is 1. The monoisotopic (exact) mass is 189 g/mol. The van der Waals surface area contributed by atoms with Crippen LogP contribution in [-0.4, -0.2) is 6.61 Å². The molecule has 1 unspecified atom stereocenters. The molecule has 1 aromatic carbocycles. The Hall–Kier alpha value is -1.33. The molecule has 0 radical (unpaired) electrons. The highest BCUT2D eigenvalue weighted by Gasteiger charge is 2.12. The van der Waals surface area contributed by atoms with Crippen LogP contribution in [0.15, 0.2) is 18.2 Å². The van der Waals surface area contributed by atoms with Gasteiger partial charge in [0.2, 0.25) is 0 Å². The molecule has 0 heterocycles. The Morgan fingerprint density at radius 2 is 2.14 bits per heavy atom. The van der Waals surface area contributed by atoms with Gasteiger partial charge in [-0.2, -0.15) is 5.26 Å². The molecular weight excluding hydrogens is 174 g/mol. The van der Waals surface area contributed by atoms with Crippen molar-refractivity contribution in [2.45, 2.75) is 26.9 Å². The highest BCUT2D eigenvalue weighted by Crippen LogP contribution is 2.21. The number of hydrogen-bond donors (Lipinski definition) is 0. The lowest BCUT2D eigenvalue weighted by atomic mass is 10.0. The van der Waals surface area contributed by atoms with E-state index in [0.717, 1.165) is 11.1 Å². The van der Waals surface area contributed by atoms with Crippen molar-refractivity contribution in [2.75, 3.05) is 6.61 Å². The van der Waals surface area contributed by atoms with Crippen molar-refractivity contribution in [1.82, 2.24) is 0 Å². The fraction of sp³-hybridized carbons (Fsp3) is 0.417. The lowest BCUT2D eigenvalue weighted by molar-refractivity contribution is 0.102. The van der Waals surface area contributed by atoms with Crippen LogP contribution in [-0.2, 0) is 4.74 Å². The van der Waals surface area contributed by atoms with Gasteiger partial charge in [-0.05, 0) is 31.9 Å². The molecule has 2 nitrogen and oxygen atoms in total. The number of ether oxygens (including phenoxy) is 1. The van der Waals surface area contributed by atoms with Crippen LogP contribution in [0.3, 0.4) is 0 Å². The summed E-state index contributed by atoms with van der Waals surface area (Å²) >= 11 is 0. The van der Waals surface area contributed by atoms with Crippen molar-refractivity contribution in [3.8, 4) is 6.07 Å². The van der Waals surface area contributed by atoms with Crippen LogP contribution < -0.4 is 0 Å². The zero-order valence-electron chi connectivity index (χ0n) is 8.87. The minimum absolute atomic E-state index is 0.430. The molecule has 0 amide bonds. The standard InChI is InChI=1S/C12H15NO/c1-4-14-12(8-13)11-6-5-9(2)7-10(11)3/h5-7,12H,4H2,1-3H3. The zero-order valence-corrected chi connectivity index (χ0v) is 8.87. The van der Waals surface area contributed by atoms with Gasteiger partial charge >= 0.3 is 0 Å². The third-order valence-electron chi connectivity index (χ3n) is 2.16. The van der Waals surface area contributed by atoms with E-state index in [2.05, 4.69) is 12.1 Å². The maximum atomic E-state index is 8.93. The SMILES string of the molecule is CCOC(C#N)c1ccc(C)cc1C. The first-order valence-corrected chi connectivity index (χ1v) is 4.77. The molecule has 0 N–H and O–H groups in total. The molecule has 14 heavy (non-hydrogen) atoms. The number of benzene rings is 1. The van der Waals surface area contributed by atoms with Crippen molar-refractivity contribution >= 4 is 0 Å². The van der Waals surface area contributed by atoms with Gasteiger partial charge in [0.15, 0.2) is 6.10 Å². The number of nitriles is 1. The first-order valence-electron chi connectivity index (χ1n) is 4.77. The Morgan fingerprint density at radius 1 is 1.43 bits per heavy atom. The number of rotatable bonds is 3. The second kappa shape index (κ2) is 4.78. The Morgan fingerprint density at radius 3 is 2.64 bits per heavy atom. The second-order valence-corrected chi connectivity index (χ2v) is 3.32. The maximum absolute atomic E-state index is 8.93. The van der Waals surface area contributed by atoms with E-state index in [4.69, 9.17) is 10.00 Å². The van der Waals surface area contributed by atoms with Gasteiger partial charge in [0, 0.05) is 6.61 Å². The summed E-state index contributed by atoms with van der Waals surface area (Å²) < 4.78 is 5.34. The quantitative estimate of drug-likeness (QED) is 0.732. The Labute approximate surface area is 85.1 Å². The molecule has 0 spiro atoms. The van der Waals surface area contributed by atoms with E-state index < -0.39 is 6.10 Å². The lowest BCUT2D eigenvalue weighted by Crippen LogP contribution is -2.03. The predicted octanol–water partition coefficient (Wildman–Crippen LogP) is 2.90. The van der Waals surface area contributed by atoms with E-state index in [1.54, 1.807) is 0 Å². The summed E-state index contributed by atoms with van der Waals surface area (Å²) in [5.74, 6) is 0. The minimum Gasteiger partial charge on any atom is -0.359 e. The van der Waals surface area contributed by atoms with E-state index in [1.807, 2.05) is 32.9 Å². The predicted molar refractivity (Wildman–Crippen MR) is 55.9 cm³/mol. The topological polar surface area (TPSA) is 33.0 Å². The van der Waals surface area contributed by atoms with Crippen LogP contribution >= 0.6 is 0 Å². The molecule has 1 aromatic rings. The smallest absolute Gasteiger partial charge is 0.169 e. The summed E-state index contributed by atoms with van der Waals surface area (Å²) in [5, 5.41) is 8.93. The van der Waals surface area contributed by atoms with E-state index in [-0.39, 0.29) is 0 Å². The first kappa shape index (κ1) is 10.7. The fourth-order valence-corrected chi connectivity index (χ4v) is 1.48. The van der Waals surface area contributed by atoms with Gasteiger partial charge in [0.05, 0.1) is 6.07 Å². The average Bonchev–Trinajstić information content (AvgIpc) is 2.15. The molecule has 0 saturated carbocycles. The summed E-state index contributed by atoms with van der Waals surface area (Å²) in [6.45, 7) is 6.50. The summed E-state index contributed by atoms with van der Waals surface area (Å²) in [6.07, 6.45) is -0.430. The Bertz CT molecular complexity index is 352. The molecule has 0 aliphatic rings. The van der Waals surface area contributed by atoms with Crippen LogP contribution in [0.2, 0.25) is 0 Å². The Kier molecular flexibility index (Phi) is 3.67. The van der Waals surface area contributed by atoms with Crippen LogP contribution in [0.1, 0.15) is 29.7 Å². The number of aryl methyl sites for hydroxylation is 2. The summed E-state index contributed by atoms with van der Waals surface area (Å²) in [4.78, 5) is 0. The van der Waals surface area contributed by atoms with Crippen molar-refractivity contribution in [3.05, 3.63) is 34.9 Å². The van der Waals surface area contributed by atoms with Crippen molar-refractivity contribution in [2.24, 2.45) is 0 Å². The van der Waals surface area contributed by atoms with Gasteiger partial charge in [-0.1, -0.05) is 23.8 Å². The van der Waals surface area contributed by atoms with E-state index in [0.29, 0.717) is 6.61 Å². The van der Waals surface area contributed by atoms with Gasteiger partial charge in [0.25, 0.3) is 0 Å². The molecule has 1 atom stereocenters. The Balaban J connectivity index is 3.00. The van der Waals surface area contributed by atoms with Gasteiger partial charge in [-0.3, -0.25) is 0 Å². The van der Waals surface area contributed by atoms with Crippen molar-refractivity contribution in [1.29, 1.82) is 5.26 Å². The summed E-state index contributed by atoms with van der Waals surface area (Å²) in [5.41, 5.74) is 3.30. The van der Waals surface area contributed by atoms with E-state index in [9.17, 15) is 0 Å². The third kappa shape index (κ3) is 2.34. The second-order valence-electron chi connectivity index (χ2n) is 3.32. The third-order valence-corrected chi connectivity index (χ3v) is 2.16. The maximum Gasteiger partial charge on any atom is 0.169 e. The fourth-order valence-electron chi connectivity index (χ4n) is 1.48. The summed E-state index contributed by atoms with van der Waals surface area (Å²) in [6, 6.07) is 8.20. The molecule has 0 aliphatic carbocycles. The van der Waals surface area contributed by atoms with E-state index >= 15 is 0 Å². The molecule has 1 rings (SSSR count). The molecular formula is C12H15NO. The van der Waals surface area contributed by atoms with Crippen LogP contribution in [0.5, 0.6) is 0 Å². The van der Waals surface area contributed by atoms with Crippen LogP contribution in [0.25, 0.3) is 0 Å². The van der Waals surface area contributed by atoms with Gasteiger partial charge in [-0.15, -0.1) is 0 Å². The molecule has 74 valence electrons. The minimum atomic E-state index is -0.430. The van der Waals surface area contributed by atoms with Gasteiger partial charge in [-0.25, -0.2) is 0 Å². The molecule has 0 aliphatic heterocycles. The number of hydrogen-bond acceptors (Lipinski definition) is 2. The van der Waals surface area contributed by atoms with Gasteiger partial charge < -0.3 is 4.74 Å². The van der Waals surface area contributed by atoms with E-state index in [1.165, 1.54) is 5.56 Å². The van der Waals surface area contributed by atoms with Crippen LogP contribution in [0.4, 0.5) is 0 Å². The summed E-state index contributed by atoms with van der Waals surface area (Å²) in [7, 11) is 0. The normalized spacial score (nSPS) is 12.1. The average molecular weight is 189 g/mol. The lowest BCUT2D eigenvalue weighted by Gasteiger charge is -2.12.